The highest BCUT2D eigenvalue weighted by Crippen LogP contribution is 2.34. The van der Waals surface area contributed by atoms with Crippen LogP contribution in [0.4, 0.5) is 0 Å². The summed E-state index contributed by atoms with van der Waals surface area (Å²) in [6.07, 6.45) is 4.32. The number of hydrogen-bond donors (Lipinski definition) is 0. The van der Waals surface area contributed by atoms with Gasteiger partial charge in [-0.2, -0.15) is 5.26 Å². The molecule has 15 heavy (non-hydrogen) atoms. The first-order valence-corrected chi connectivity index (χ1v) is 5.91. The topological polar surface area (TPSA) is 36.3 Å². The van der Waals surface area contributed by atoms with E-state index in [1.54, 1.807) is 7.11 Å². The average molecular weight is 210 g/mol. The summed E-state index contributed by atoms with van der Waals surface area (Å²) in [6, 6.07) is 2.53. The third-order valence-electron chi connectivity index (χ3n) is 3.59. The minimum Gasteiger partial charge on any atom is -0.381 e. The monoisotopic (exact) mass is 210 g/mol. The summed E-state index contributed by atoms with van der Waals surface area (Å²) >= 11 is 0. The molecule has 2 atom stereocenters. The highest BCUT2D eigenvalue weighted by atomic mass is 16.5. The van der Waals surface area contributed by atoms with Crippen LogP contribution in [0.25, 0.3) is 0 Å². The Labute approximate surface area is 93.0 Å². The zero-order valence-electron chi connectivity index (χ0n) is 10.1. The third kappa shape index (κ3) is 2.50. The van der Waals surface area contributed by atoms with Gasteiger partial charge in [-0.15, -0.1) is 0 Å². The Bertz CT molecular complexity index is 232. The number of hydrogen-bond acceptors (Lipinski definition) is 3. The summed E-state index contributed by atoms with van der Waals surface area (Å²) in [6.45, 7) is 6.14. The molecular formula is C12H22N2O. The minimum atomic E-state index is -0.275. The van der Waals surface area contributed by atoms with Gasteiger partial charge < -0.3 is 4.74 Å². The first-order valence-electron chi connectivity index (χ1n) is 5.91. The summed E-state index contributed by atoms with van der Waals surface area (Å²) in [5.74, 6) is 0. The molecule has 1 fully saturated rings. The lowest BCUT2D eigenvalue weighted by atomic mass is 9.79. The first-order chi connectivity index (χ1) is 7.22. The van der Waals surface area contributed by atoms with Crippen LogP contribution in [0.15, 0.2) is 0 Å². The lowest BCUT2D eigenvalue weighted by Gasteiger charge is -2.42. The number of methoxy groups -OCH3 is 1. The van der Waals surface area contributed by atoms with E-state index in [1.807, 2.05) is 0 Å². The van der Waals surface area contributed by atoms with Crippen LogP contribution >= 0.6 is 0 Å². The molecule has 0 saturated heterocycles. The predicted octanol–water partition coefficient (Wildman–Crippen LogP) is 2.18. The van der Waals surface area contributed by atoms with Crippen molar-refractivity contribution in [3.63, 3.8) is 0 Å². The Morgan fingerprint density at radius 2 is 2.13 bits per heavy atom. The average Bonchev–Trinajstić information content (AvgIpc) is 2.30. The summed E-state index contributed by atoms with van der Waals surface area (Å²) < 4.78 is 5.41. The van der Waals surface area contributed by atoms with E-state index in [1.165, 1.54) is 0 Å². The minimum absolute atomic E-state index is 0.263. The van der Waals surface area contributed by atoms with Crippen LogP contribution < -0.4 is 0 Å². The maximum atomic E-state index is 9.44. The summed E-state index contributed by atoms with van der Waals surface area (Å²) in [7, 11) is 1.75. The van der Waals surface area contributed by atoms with Crippen molar-refractivity contribution in [2.24, 2.45) is 0 Å². The van der Waals surface area contributed by atoms with Crippen molar-refractivity contribution < 1.29 is 4.74 Å². The van der Waals surface area contributed by atoms with Crippen molar-refractivity contribution in [2.75, 3.05) is 20.2 Å². The second-order valence-corrected chi connectivity index (χ2v) is 4.27. The molecule has 1 rings (SSSR count). The maximum absolute atomic E-state index is 9.44. The molecule has 1 saturated carbocycles. The fourth-order valence-electron chi connectivity index (χ4n) is 2.69. The Morgan fingerprint density at radius 1 is 1.47 bits per heavy atom. The standard InChI is InChI=1S/C12H22N2O/c1-4-14(5-2)12(10-13)8-6-7-11(9-12)15-3/h11H,4-9H2,1-3H3. The van der Waals surface area contributed by atoms with E-state index in [2.05, 4.69) is 24.8 Å². The molecule has 1 aliphatic carbocycles. The molecule has 0 aromatic carbocycles. The van der Waals surface area contributed by atoms with E-state index >= 15 is 0 Å². The lowest BCUT2D eigenvalue weighted by Crippen LogP contribution is -2.51. The normalized spacial score (nSPS) is 31.5. The number of rotatable bonds is 4. The molecule has 0 heterocycles. The van der Waals surface area contributed by atoms with Gasteiger partial charge in [0.05, 0.1) is 12.2 Å². The van der Waals surface area contributed by atoms with Crippen LogP contribution in [-0.4, -0.2) is 36.7 Å². The van der Waals surface area contributed by atoms with Crippen molar-refractivity contribution >= 4 is 0 Å². The van der Waals surface area contributed by atoms with Crippen molar-refractivity contribution in [2.45, 2.75) is 51.2 Å². The molecule has 0 spiro atoms. The number of nitrogens with zero attached hydrogens (tertiary/aromatic N) is 2. The highest BCUT2D eigenvalue weighted by molar-refractivity contribution is 5.11. The maximum Gasteiger partial charge on any atom is 0.111 e. The van der Waals surface area contributed by atoms with Crippen LogP contribution in [0.2, 0.25) is 0 Å². The molecule has 0 radical (unpaired) electrons. The molecule has 3 nitrogen and oxygen atoms in total. The van der Waals surface area contributed by atoms with Gasteiger partial charge in [-0.25, -0.2) is 0 Å². The second kappa shape index (κ2) is 5.48. The summed E-state index contributed by atoms with van der Waals surface area (Å²) in [5.41, 5.74) is -0.275. The van der Waals surface area contributed by atoms with Crippen molar-refractivity contribution in [1.82, 2.24) is 4.90 Å². The Morgan fingerprint density at radius 3 is 2.60 bits per heavy atom. The van der Waals surface area contributed by atoms with E-state index in [0.29, 0.717) is 0 Å². The fourth-order valence-corrected chi connectivity index (χ4v) is 2.69. The molecule has 0 aromatic rings. The lowest BCUT2D eigenvalue weighted by molar-refractivity contribution is 0.00366. The first kappa shape index (κ1) is 12.5. The molecule has 2 unspecified atom stereocenters. The SMILES string of the molecule is CCN(CC)C1(C#N)CCCC(OC)C1. The molecular weight excluding hydrogens is 188 g/mol. The van der Waals surface area contributed by atoms with Crippen LogP contribution in [-0.2, 0) is 4.74 Å². The second-order valence-electron chi connectivity index (χ2n) is 4.27. The van der Waals surface area contributed by atoms with Crippen LogP contribution in [0.1, 0.15) is 39.5 Å². The molecule has 0 amide bonds. The Kier molecular flexibility index (Phi) is 4.56. The molecule has 0 aliphatic heterocycles. The smallest absolute Gasteiger partial charge is 0.111 e. The highest BCUT2D eigenvalue weighted by Gasteiger charge is 2.40. The Balaban J connectivity index is 2.79. The quantitative estimate of drug-likeness (QED) is 0.713. The zero-order chi connectivity index (χ0) is 11.3. The van der Waals surface area contributed by atoms with Gasteiger partial charge in [0, 0.05) is 13.5 Å². The molecule has 3 heteroatoms. The van der Waals surface area contributed by atoms with Gasteiger partial charge in [0.1, 0.15) is 5.54 Å². The van der Waals surface area contributed by atoms with E-state index < -0.39 is 0 Å². The van der Waals surface area contributed by atoms with Crippen molar-refractivity contribution in [3.8, 4) is 6.07 Å². The van der Waals surface area contributed by atoms with Crippen LogP contribution in [0, 0.1) is 11.3 Å². The van der Waals surface area contributed by atoms with Gasteiger partial charge in [0.2, 0.25) is 0 Å². The van der Waals surface area contributed by atoms with Crippen molar-refractivity contribution in [1.29, 1.82) is 5.26 Å². The van der Waals surface area contributed by atoms with Crippen LogP contribution in [0.5, 0.6) is 0 Å². The largest absolute Gasteiger partial charge is 0.381 e. The summed E-state index contributed by atoms with van der Waals surface area (Å²) in [4.78, 5) is 2.28. The van der Waals surface area contributed by atoms with Gasteiger partial charge in [-0.1, -0.05) is 13.8 Å². The summed E-state index contributed by atoms with van der Waals surface area (Å²) in [5, 5.41) is 9.44. The van der Waals surface area contributed by atoms with E-state index in [-0.39, 0.29) is 11.6 Å². The van der Waals surface area contributed by atoms with E-state index in [9.17, 15) is 5.26 Å². The number of ether oxygens (including phenoxy) is 1. The molecule has 86 valence electrons. The zero-order valence-corrected chi connectivity index (χ0v) is 10.1. The van der Waals surface area contributed by atoms with Crippen LogP contribution in [0.3, 0.4) is 0 Å². The molecule has 1 aliphatic rings. The number of nitriles is 1. The van der Waals surface area contributed by atoms with Gasteiger partial charge in [0.25, 0.3) is 0 Å². The van der Waals surface area contributed by atoms with Gasteiger partial charge in [-0.05, 0) is 32.4 Å². The molecule has 0 bridgehead atoms. The van der Waals surface area contributed by atoms with Gasteiger partial charge >= 0.3 is 0 Å². The molecule has 0 aromatic heterocycles. The fraction of sp³-hybridized carbons (Fsp3) is 0.917. The van der Waals surface area contributed by atoms with E-state index in [0.717, 1.165) is 38.8 Å². The van der Waals surface area contributed by atoms with Gasteiger partial charge in [0.15, 0.2) is 0 Å². The Hall–Kier alpha value is -0.590. The van der Waals surface area contributed by atoms with Crippen molar-refractivity contribution in [3.05, 3.63) is 0 Å². The third-order valence-corrected chi connectivity index (χ3v) is 3.59. The predicted molar refractivity (Wildman–Crippen MR) is 60.5 cm³/mol. The van der Waals surface area contributed by atoms with E-state index in [4.69, 9.17) is 4.74 Å². The van der Waals surface area contributed by atoms with Gasteiger partial charge in [-0.3, -0.25) is 4.90 Å². The molecule has 0 N–H and O–H groups in total.